The van der Waals surface area contributed by atoms with E-state index in [1.807, 2.05) is 37.1 Å². The minimum atomic E-state index is -1.13. The molecule has 15 heteroatoms. The molecule has 4 amide bonds. The van der Waals surface area contributed by atoms with Crippen LogP contribution in [0, 0.1) is 22.7 Å². The van der Waals surface area contributed by atoms with Crippen LogP contribution in [0.4, 0.5) is 0 Å². The number of esters is 1. The lowest BCUT2D eigenvalue weighted by Gasteiger charge is -2.37. The van der Waals surface area contributed by atoms with Crippen molar-refractivity contribution in [3.8, 4) is 28.1 Å². The number of aryl methyl sites for hydroxylation is 1. The molecule has 4 aromatic rings. The molecule has 4 N–H and O–H groups in total. The maximum absolute atomic E-state index is 14.9. The zero-order chi connectivity index (χ0) is 49.4. The predicted octanol–water partition coefficient (Wildman–Crippen LogP) is 6.09. The van der Waals surface area contributed by atoms with Crippen molar-refractivity contribution in [3.63, 3.8) is 0 Å². The fourth-order valence-corrected chi connectivity index (χ4v) is 12.1. The molecule has 2 aromatic carbocycles. The van der Waals surface area contributed by atoms with E-state index in [0.29, 0.717) is 76.3 Å². The number of aromatic hydroxyl groups is 1. The van der Waals surface area contributed by atoms with Crippen LogP contribution in [0.5, 0.6) is 5.75 Å². The first-order valence-corrected chi connectivity index (χ1v) is 25.8. The van der Waals surface area contributed by atoms with Gasteiger partial charge in [-0.3, -0.25) is 39.3 Å². The highest BCUT2D eigenvalue weighted by Crippen LogP contribution is 2.46. The van der Waals surface area contributed by atoms with E-state index < -0.39 is 46.7 Å². The number of carbonyl (C=O) groups is 5. The summed E-state index contributed by atoms with van der Waals surface area (Å²) in [5.41, 5.74) is 9.44. The molecule has 6 atom stereocenters. The number of amides is 4. The number of carbonyl (C=O) groups excluding carboxylic acids is 5. The molecule has 0 unspecified atom stereocenters. The highest BCUT2D eigenvalue weighted by atomic mass is 16.5. The minimum Gasteiger partial charge on any atom is -0.508 e. The summed E-state index contributed by atoms with van der Waals surface area (Å²) >= 11 is 0. The molecule has 2 aromatic heterocycles. The van der Waals surface area contributed by atoms with Crippen molar-refractivity contribution >= 4 is 40.5 Å². The summed E-state index contributed by atoms with van der Waals surface area (Å²) in [7, 11) is 0. The zero-order valence-electron chi connectivity index (χ0n) is 41.8. The number of nitrogens with zero attached hydrogens (tertiary/aromatic N) is 5. The number of aromatic nitrogens is 2. The largest absolute Gasteiger partial charge is 0.508 e. The van der Waals surface area contributed by atoms with Gasteiger partial charge in [0.05, 0.1) is 23.4 Å². The number of likely N-dealkylation sites (tertiary alicyclic amines) is 2. The van der Waals surface area contributed by atoms with E-state index in [1.165, 1.54) is 5.01 Å². The molecule has 4 saturated heterocycles. The number of phenolic OH excluding ortho intramolecular Hbond substituents is 1. The number of pyridine rings is 1. The minimum absolute atomic E-state index is 0.0150. The molecule has 1 spiro atoms. The van der Waals surface area contributed by atoms with Crippen molar-refractivity contribution in [1.29, 1.82) is 0 Å². The molecule has 15 nitrogen and oxygen atoms in total. The first kappa shape index (κ1) is 47.9. The number of ether oxygens (including phenoxy) is 1. The van der Waals surface area contributed by atoms with E-state index in [4.69, 9.17) is 9.72 Å². The zero-order valence-corrected chi connectivity index (χ0v) is 41.8. The molecule has 10 rings (SSSR count). The monoisotopic (exact) mass is 955 g/mol. The van der Waals surface area contributed by atoms with E-state index in [9.17, 15) is 29.1 Å². The van der Waals surface area contributed by atoms with Crippen LogP contribution in [0.1, 0.15) is 110 Å². The van der Waals surface area contributed by atoms with Crippen molar-refractivity contribution in [2.75, 3.05) is 32.8 Å². The summed E-state index contributed by atoms with van der Waals surface area (Å²) in [4.78, 5) is 80.2. The fraction of sp³-hybridized carbons (Fsp3) is 0.564. The molecule has 5 aliphatic heterocycles. The SMILES string of the molecule is CCn1c(-c2cccnc2C(C)C)c2c3cc(ccc31)-c1cc(O)cc(c1)C[C@H](NC(=O)[C@H](C(C)C)N1CC[C@@]3(CCN(C(=O)[C@@H]4N[C@@H]4C4CC4)C3)C1=O)C(=O)N1CCC[C@H](N1)C(=O)OCC(C)(C)C2. The molecule has 372 valence electrons. The molecule has 1 saturated carbocycles. The van der Waals surface area contributed by atoms with Gasteiger partial charge >= 0.3 is 5.97 Å². The van der Waals surface area contributed by atoms with Crippen LogP contribution in [0.15, 0.2) is 54.7 Å². The number of nitrogens with one attached hydrogen (secondary N) is 3. The van der Waals surface area contributed by atoms with Crippen LogP contribution in [0.2, 0.25) is 0 Å². The van der Waals surface area contributed by atoms with Gasteiger partial charge in [-0.15, -0.1) is 0 Å². The lowest BCUT2D eigenvalue weighted by Crippen LogP contribution is -2.62. The highest BCUT2D eigenvalue weighted by Gasteiger charge is 2.58. The van der Waals surface area contributed by atoms with Crippen LogP contribution in [-0.2, 0) is 48.1 Å². The van der Waals surface area contributed by atoms with E-state index >= 15 is 0 Å². The summed E-state index contributed by atoms with van der Waals surface area (Å²) in [6, 6.07) is 13.1. The number of hydrazine groups is 1. The summed E-state index contributed by atoms with van der Waals surface area (Å²) < 4.78 is 8.49. The van der Waals surface area contributed by atoms with Gasteiger partial charge < -0.3 is 29.5 Å². The second-order valence-corrected chi connectivity index (χ2v) is 22.5. The molecular weight excluding hydrogens is 885 g/mol. The van der Waals surface area contributed by atoms with E-state index in [-0.39, 0.29) is 54.5 Å². The van der Waals surface area contributed by atoms with Gasteiger partial charge in [-0.2, -0.15) is 0 Å². The third-order valence-electron chi connectivity index (χ3n) is 16.0. The maximum Gasteiger partial charge on any atom is 0.324 e. The quantitative estimate of drug-likeness (QED) is 0.113. The Morgan fingerprint density at radius 3 is 2.50 bits per heavy atom. The molecular formula is C55H70N8O7. The number of phenols is 1. The van der Waals surface area contributed by atoms with Gasteiger partial charge in [0.2, 0.25) is 17.7 Å². The lowest BCUT2D eigenvalue weighted by molar-refractivity contribution is -0.155. The third kappa shape index (κ3) is 8.97. The van der Waals surface area contributed by atoms with Crippen molar-refractivity contribution in [2.45, 2.75) is 143 Å². The maximum atomic E-state index is 14.9. The van der Waals surface area contributed by atoms with Crippen LogP contribution in [-0.4, -0.2) is 122 Å². The third-order valence-corrected chi connectivity index (χ3v) is 16.0. The van der Waals surface area contributed by atoms with Crippen LogP contribution >= 0.6 is 0 Å². The van der Waals surface area contributed by atoms with Crippen LogP contribution in [0.3, 0.4) is 0 Å². The van der Waals surface area contributed by atoms with Gasteiger partial charge in [0.15, 0.2) is 0 Å². The second-order valence-electron chi connectivity index (χ2n) is 22.5. The second kappa shape index (κ2) is 18.4. The van der Waals surface area contributed by atoms with Gasteiger partial charge in [0, 0.05) is 73.3 Å². The molecule has 0 radical (unpaired) electrons. The van der Waals surface area contributed by atoms with Crippen LogP contribution in [0.25, 0.3) is 33.3 Å². The molecule has 7 heterocycles. The summed E-state index contributed by atoms with van der Waals surface area (Å²) in [6.07, 6.45) is 6.83. The Kier molecular flexibility index (Phi) is 12.6. The van der Waals surface area contributed by atoms with Crippen LogP contribution < -0.4 is 16.1 Å². The molecule has 6 aliphatic rings. The number of rotatable bonds is 9. The Morgan fingerprint density at radius 2 is 1.76 bits per heavy atom. The Bertz CT molecular complexity index is 2740. The first-order chi connectivity index (χ1) is 33.5. The van der Waals surface area contributed by atoms with Gasteiger partial charge in [-0.25, -0.2) is 5.43 Å². The Labute approximate surface area is 411 Å². The predicted molar refractivity (Wildman–Crippen MR) is 266 cm³/mol. The number of benzene rings is 2. The average Bonchev–Trinajstić information content (AvgIpc) is 4.25. The summed E-state index contributed by atoms with van der Waals surface area (Å²) in [5.74, 6) is -0.956. The normalized spacial score (nSPS) is 26.3. The number of cyclic esters (lactones) is 1. The summed E-state index contributed by atoms with van der Waals surface area (Å²) in [5, 5.41) is 20.3. The highest BCUT2D eigenvalue weighted by molar-refractivity contribution is 5.97. The van der Waals surface area contributed by atoms with Gasteiger partial charge in [-0.05, 0) is 128 Å². The van der Waals surface area contributed by atoms with Crippen molar-refractivity contribution in [1.82, 2.24) is 40.4 Å². The van der Waals surface area contributed by atoms with Crippen molar-refractivity contribution in [3.05, 3.63) is 71.5 Å². The topological polar surface area (TPSA) is 188 Å². The lowest BCUT2D eigenvalue weighted by atomic mass is 9.83. The van der Waals surface area contributed by atoms with Crippen molar-refractivity contribution < 1.29 is 33.8 Å². The number of fused-ring (bicyclic) bond motifs is 6. The van der Waals surface area contributed by atoms with Crippen molar-refractivity contribution in [2.24, 2.45) is 22.7 Å². The Balaban J connectivity index is 0.989. The Morgan fingerprint density at radius 1 is 0.971 bits per heavy atom. The molecule has 5 fully saturated rings. The average molecular weight is 955 g/mol. The first-order valence-electron chi connectivity index (χ1n) is 25.8. The summed E-state index contributed by atoms with van der Waals surface area (Å²) in [6.45, 7) is 16.8. The molecule has 6 bridgehead atoms. The standard InChI is InChI=1S/C55H70N8O7/c1-8-61-43-16-15-35-27-39(43)40(48(61)38-11-9-19-56-44(38)31(2)3)28-54(6,7)30-70-52(68)41-12-10-20-63(59-41)50(66)42(25-33-23-36(35)26-37(64)24-33)57-49(65)47(32(4)5)62-22-18-55(53(62)69)17-21-60(29-55)51(67)46-45(58-46)34-13-14-34/h9,11,15-16,19,23-24,26-27,31-32,34,41-42,45-47,58-59,64H,8,10,12-14,17-18,20-22,25,28-30H2,1-7H3,(H,57,65)/t41-,42-,45+,46+,47-,55+/m0/s1. The van der Waals surface area contributed by atoms with E-state index in [2.05, 4.69) is 79.5 Å². The number of hydrogen-bond acceptors (Lipinski definition) is 10. The smallest absolute Gasteiger partial charge is 0.324 e. The van der Waals surface area contributed by atoms with Gasteiger partial charge in [0.1, 0.15) is 29.9 Å². The van der Waals surface area contributed by atoms with E-state index in [0.717, 1.165) is 57.4 Å². The molecule has 70 heavy (non-hydrogen) atoms. The van der Waals surface area contributed by atoms with Gasteiger partial charge in [-0.1, -0.05) is 53.7 Å². The molecule has 1 aliphatic carbocycles. The Hall–Kier alpha value is -5.80. The number of hydrogen-bond donors (Lipinski definition) is 4. The fourth-order valence-electron chi connectivity index (χ4n) is 12.1. The van der Waals surface area contributed by atoms with E-state index in [1.54, 1.807) is 17.0 Å². The van der Waals surface area contributed by atoms with Gasteiger partial charge in [0.25, 0.3) is 5.91 Å².